The molecule has 0 bridgehead atoms. The van der Waals surface area contributed by atoms with Crippen molar-refractivity contribution < 1.29 is 14.3 Å². The van der Waals surface area contributed by atoms with Gasteiger partial charge >= 0.3 is 0 Å². The minimum absolute atomic E-state index is 0.119. The van der Waals surface area contributed by atoms with Crippen molar-refractivity contribution in [3.63, 3.8) is 0 Å². The summed E-state index contributed by atoms with van der Waals surface area (Å²) >= 11 is 0. The normalized spacial score (nSPS) is 23.6. The van der Waals surface area contributed by atoms with Crippen molar-refractivity contribution >= 4 is 11.8 Å². The number of hydrogen-bond acceptors (Lipinski definition) is 4. The van der Waals surface area contributed by atoms with Crippen molar-refractivity contribution in [3.8, 4) is 0 Å². The zero-order chi connectivity index (χ0) is 15.2. The van der Waals surface area contributed by atoms with Gasteiger partial charge in [-0.3, -0.25) is 14.5 Å². The second kappa shape index (κ2) is 7.75. The molecule has 2 aliphatic heterocycles. The molecule has 2 heterocycles. The Hall–Kier alpha value is -1.14. The number of carbonyl (C=O) groups is 2. The van der Waals surface area contributed by atoms with Gasteiger partial charge in [0.25, 0.3) is 0 Å². The summed E-state index contributed by atoms with van der Waals surface area (Å²) in [6.07, 6.45) is 0.373. The van der Waals surface area contributed by atoms with Crippen LogP contribution in [-0.4, -0.2) is 85.5 Å². The van der Waals surface area contributed by atoms with E-state index in [9.17, 15) is 9.59 Å². The number of carbonyl (C=O) groups excluding carboxylic acids is 2. The van der Waals surface area contributed by atoms with Gasteiger partial charge in [-0.15, -0.1) is 0 Å². The summed E-state index contributed by atoms with van der Waals surface area (Å²) in [6.45, 7) is 11.0. The predicted octanol–water partition coefficient (Wildman–Crippen LogP) is 0.0355. The third-order valence-corrected chi connectivity index (χ3v) is 4.43. The van der Waals surface area contributed by atoms with Gasteiger partial charge in [-0.2, -0.15) is 0 Å². The SMILES string of the molecule is CCN(CC)C(=O)C1CC(=O)N(CCN2CCOCC2)C1. The molecule has 0 aromatic rings. The molecule has 1 unspecified atom stereocenters. The van der Waals surface area contributed by atoms with E-state index in [4.69, 9.17) is 4.74 Å². The highest BCUT2D eigenvalue weighted by atomic mass is 16.5. The van der Waals surface area contributed by atoms with Crippen LogP contribution in [0.4, 0.5) is 0 Å². The lowest BCUT2D eigenvalue weighted by atomic mass is 10.1. The Morgan fingerprint density at radius 1 is 1.24 bits per heavy atom. The predicted molar refractivity (Wildman–Crippen MR) is 79.9 cm³/mol. The highest BCUT2D eigenvalue weighted by molar-refractivity contribution is 5.89. The maximum atomic E-state index is 12.3. The second-order valence-electron chi connectivity index (χ2n) is 5.71. The summed E-state index contributed by atoms with van der Waals surface area (Å²) in [5, 5.41) is 0. The zero-order valence-corrected chi connectivity index (χ0v) is 13.2. The third kappa shape index (κ3) is 4.17. The third-order valence-electron chi connectivity index (χ3n) is 4.43. The van der Waals surface area contributed by atoms with E-state index in [2.05, 4.69) is 4.90 Å². The smallest absolute Gasteiger partial charge is 0.227 e. The van der Waals surface area contributed by atoms with Crippen LogP contribution in [0.1, 0.15) is 20.3 Å². The number of amides is 2. The number of morpholine rings is 1. The summed E-state index contributed by atoms with van der Waals surface area (Å²) in [5.41, 5.74) is 0. The van der Waals surface area contributed by atoms with Crippen LogP contribution in [0.3, 0.4) is 0 Å². The average Bonchev–Trinajstić information content (AvgIpc) is 2.88. The molecule has 0 saturated carbocycles. The average molecular weight is 297 g/mol. The van der Waals surface area contributed by atoms with Crippen LogP contribution in [0.15, 0.2) is 0 Å². The maximum absolute atomic E-state index is 12.3. The molecule has 0 spiro atoms. The highest BCUT2D eigenvalue weighted by Crippen LogP contribution is 2.20. The van der Waals surface area contributed by atoms with Crippen LogP contribution in [0.25, 0.3) is 0 Å². The fraction of sp³-hybridized carbons (Fsp3) is 0.867. The molecule has 120 valence electrons. The van der Waals surface area contributed by atoms with E-state index in [-0.39, 0.29) is 17.7 Å². The highest BCUT2D eigenvalue weighted by Gasteiger charge is 2.35. The topological polar surface area (TPSA) is 53.1 Å². The molecule has 6 nitrogen and oxygen atoms in total. The van der Waals surface area contributed by atoms with Crippen LogP contribution in [0.2, 0.25) is 0 Å². The molecule has 0 aromatic heterocycles. The Bertz CT molecular complexity index is 365. The zero-order valence-electron chi connectivity index (χ0n) is 13.2. The minimum atomic E-state index is -0.151. The lowest BCUT2D eigenvalue weighted by Gasteiger charge is -2.28. The van der Waals surface area contributed by atoms with Gasteiger partial charge < -0.3 is 14.5 Å². The summed E-state index contributed by atoms with van der Waals surface area (Å²) in [4.78, 5) is 30.4. The fourth-order valence-corrected chi connectivity index (χ4v) is 3.03. The molecule has 1 atom stereocenters. The second-order valence-corrected chi connectivity index (χ2v) is 5.71. The van der Waals surface area contributed by atoms with E-state index >= 15 is 0 Å². The standard InChI is InChI=1S/C15H27N3O3/c1-3-17(4-2)15(20)13-11-14(19)18(12-13)6-5-16-7-9-21-10-8-16/h13H,3-12H2,1-2H3. The van der Waals surface area contributed by atoms with Crippen molar-refractivity contribution in [3.05, 3.63) is 0 Å². The van der Waals surface area contributed by atoms with Gasteiger partial charge in [-0.05, 0) is 13.8 Å². The molecule has 0 radical (unpaired) electrons. The Morgan fingerprint density at radius 3 is 2.52 bits per heavy atom. The molecule has 2 amide bonds. The molecule has 2 rings (SSSR count). The van der Waals surface area contributed by atoms with Crippen LogP contribution in [0, 0.1) is 5.92 Å². The fourth-order valence-electron chi connectivity index (χ4n) is 3.03. The summed E-state index contributed by atoms with van der Waals surface area (Å²) < 4.78 is 5.32. The quantitative estimate of drug-likeness (QED) is 0.694. The first kappa shape index (κ1) is 16.2. The first-order chi connectivity index (χ1) is 10.2. The minimum Gasteiger partial charge on any atom is -0.379 e. The summed E-state index contributed by atoms with van der Waals surface area (Å²) in [6, 6.07) is 0. The van der Waals surface area contributed by atoms with Gasteiger partial charge in [-0.25, -0.2) is 0 Å². The molecule has 0 N–H and O–H groups in total. The molecule has 2 saturated heterocycles. The maximum Gasteiger partial charge on any atom is 0.227 e. The molecule has 0 aliphatic carbocycles. The van der Waals surface area contributed by atoms with Crippen molar-refractivity contribution in [1.82, 2.24) is 14.7 Å². The van der Waals surface area contributed by atoms with Crippen LogP contribution >= 0.6 is 0 Å². The van der Waals surface area contributed by atoms with Crippen LogP contribution < -0.4 is 0 Å². The molecular weight excluding hydrogens is 270 g/mol. The van der Waals surface area contributed by atoms with Gasteiger partial charge in [0.2, 0.25) is 11.8 Å². The first-order valence-electron chi connectivity index (χ1n) is 8.02. The van der Waals surface area contributed by atoms with E-state index < -0.39 is 0 Å². The van der Waals surface area contributed by atoms with Crippen LogP contribution in [0.5, 0.6) is 0 Å². The Morgan fingerprint density at radius 2 is 1.90 bits per heavy atom. The van der Waals surface area contributed by atoms with Crippen molar-refractivity contribution in [2.75, 3.05) is 59.0 Å². The van der Waals surface area contributed by atoms with Gasteiger partial charge in [0.1, 0.15) is 0 Å². The monoisotopic (exact) mass is 297 g/mol. The molecule has 2 aliphatic rings. The number of ether oxygens (including phenoxy) is 1. The Labute approximate surface area is 127 Å². The van der Waals surface area contributed by atoms with E-state index in [0.29, 0.717) is 26.1 Å². The van der Waals surface area contributed by atoms with E-state index in [0.717, 1.165) is 39.4 Å². The van der Waals surface area contributed by atoms with E-state index in [1.165, 1.54) is 0 Å². The van der Waals surface area contributed by atoms with Crippen molar-refractivity contribution in [2.45, 2.75) is 20.3 Å². The summed E-state index contributed by atoms with van der Waals surface area (Å²) in [7, 11) is 0. The number of nitrogens with zero attached hydrogens (tertiary/aromatic N) is 3. The molecule has 2 fully saturated rings. The Balaban J connectivity index is 1.80. The van der Waals surface area contributed by atoms with E-state index in [1.807, 2.05) is 23.6 Å². The lowest BCUT2D eigenvalue weighted by molar-refractivity contribution is -0.135. The first-order valence-corrected chi connectivity index (χ1v) is 8.02. The van der Waals surface area contributed by atoms with Crippen LogP contribution in [-0.2, 0) is 14.3 Å². The largest absolute Gasteiger partial charge is 0.379 e. The van der Waals surface area contributed by atoms with Gasteiger partial charge in [0.15, 0.2) is 0 Å². The summed E-state index contributed by atoms with van der Waals surface area (Å²) in [5.74, 6) is 0.0954. The molecule has 21 heavy (non-hydrogen) atoms. The van der Waals surface area contributed by atoms with Crippen molar-refractivity contribution in [2.24, 2.45) is 5.92 Å². The number of rotatable bonds is 6. The van der Waals surface area contributed by atoms with Gasteiger partial charge in [-0.1, -0.05) is 0 Å². The number of likely N-dealkylation sites (tertiary alicyclic amines) is 1. The molecule has 6 heteroatoms. The molecule has 0 aromatic carbocycles. The Kier molecular flexibility index (Phi) is 5.99. The lowest BCUT2D eigenvalue weighted by Crippen LogP contribution is -2.42. The van der Waals surface area contributed by atoms with Crippen molar-refractivity contribution in [1.29, 1.82) is 0 Å². The number of hydrogen-bond donors (Lipinski definition) is 0. The van der Waals surface area contributed by atoms with Gasteiger partial charge in [0.05, 0.1) is 19.1 Å². The van der Waals surface area contributed by atoms with E-state index in [1.54, 1.807) is 0 Å². The molecular formula is C15H27N3O3. The van der Waals surface area contributed by atoms with Gasteiger partial charge in [0, 0.05) is 52.2 Å².